The van der Waals surface area contributed by atoms with Crippen molar-refractivity contribution in [2.75, 3.05) is 0 Å². The van der Waals surface area contributed by atoms with Gasteiger partial charge in [0.05, 0.1) is 28.8 Å². The summed E-state index contributed by atoms with van der Waals surface area (Å²) in [5.41, 5.74) is 0.299. The van der Waals surface area contributed by atoms with Gasteiger partial charge in [-0.25, -0.2) is 0 Å². The van der Waals surface area contributed by atoms with Gasteiger partial charge in [-0.1, -0.05) is 32.9 Å². The average Bonchev–Trinajstić information content (AvgIpc) is 3.31. The zero-order chi connectivity index (χ0) is 24.7. The fraction of sp³-hybridized carbons (Fsp3) is 0.931. The maximum absolute atomic E-state index is 11.7. The molecule has 11 unspecified atom stereocenters. The van der Waals surface area contributed by atoms with Crippen molar-refractivity contribution in [3.8, 4) is 0 Å². The predicted octanol–water partition coefficient (Wildman–Crippen LogP) is 6.21. The third-order valence-electron chi connectivity index (χ3n) is 11.5. The van der Waals surface area contributed by atoms with E-state index in [4.69, 9.17) is 21.1 Å². The lowest BCUT2D eigenvalue weighted by Gasteiger charge is -2.59. The molecule has 11 atom stereocenters. The maximum Gasteiger partial charge on any atom is 0.164 e. The molecule has 0 aromatic carbocycles. The number of rotatable bonds is 7. The molecule has 194 valence electrons. The van der Waals surface area contributed by atoms with Gasteiger partial charge in [-0.3, -0.25) is 0 Å². The van der Waals surface area contributed by atoms with Gasteiger partial charge >= 0.3 is 0 Å². The summed E-state index contributed by atoms with van der Waals surface area (Å²) in [5.74, 6) is 1.50. The standard InChI is InChI=1S/C29H47ClO4/c1-17(2)18(3)7-11-27(5)23-15-21-16-29(23,25(33-21)34-27)12-9-22-26(4)10-8-20(31)13-19(26)14-24(30)28(22,6)32/h17,19-25,31-32H,3,7-16H2,1-2,4-6H3. The molecule has 2 bridgehead atoms. The van der Waals surface area contributed by atoms with Crippen LogP contribution in [-0.4, -0.2) is 45.3 Å². The number of aliphatic hydroxyl groups excluding tert-OH is 1. The van der Waals surface area contributed by atoms with E-state index in [1.54, 1.807) is 0 Å². The lowest BCUT2D eigenvalue weighted by atomic mass is 9.49. The molecule has 3 aliphatic carbocycles. The van der Waals surface area contributed by atoms with E-state index in [9.17, 15) is 10.2 Å². The Kier molecular flexibility index (Phi) is 6.34. The summed E-state index contributed by atoms with van der Waals surface area (Å²) >= 11 is 6.83. The van der Waals surface area contributed by atoms with Gasteiger partial charge < -0.3 is 19.7 Å². The van der Waals surface area contributed by atoms with Crippen molar-refractivity contribution in [1.29, 1.82) is 0 Å². The van der Waals surface area contributed by atoms with Gasteiger partial charge in [-0.05, 0) is 101 Å². The molecule has 5 aliphatic rings. The van der Waals surface area contributed by atoms with E-state index in [0.717, 1.165) is 64.2 Å². The van der Waals surface area contributed by atoms with Crippen LogP contribution in [0.4, 0.5) is 0 Å². The summed E-state index contributed by atoms with van der Waals surface area (Å²) in [5, 5.41) is 21.8. The Balaban J connectivity index is 1.36. The minimum absolute atomic E-state index is 0.0143. The van der Waals surface area contributed by atoms with E-state index in [-0.39, 0.29) is 40.1 Å². The molecule has 2 saturated heterocycles. The summed E-state index contributed by atoms with van der Waals surface area (Å²) < 4.78 is 13.1. The number of allylic oxidation sites excluding steroid dienone is 1. The van der Waals surface area contributed by atoms with Crippen molar-refractivity contribution in [3.63, 3.8) is 0 Å². The van der Waals surface area contributed by atoms with Gasteiger partial charge in [0, 0.05) is 11.3 Å². The molecule has 2 N–H and O–H groups in total. The normalized spacial score (nSPS) is 54.0. The lowest BCUT2D eigenvalue weighted by molar-refractivity contribution is -0.178. The summed E-state index contributed by atoms with van der Waals surface area (Å²) in [6.45, 7) is 15.4. The second-order valence-corrected chi connectivity index (χ2v) is 14.2. The molecule has 2 aliphatic heterocycles. The van der Waals surface area contributed by atoms with Crippen LogP contribution in [0.25, 0.3) is 0 Å². The molecular weight excluding hydrogens is 448 g/mol. The molecule has 2 heterocycles. The van der Waals surface area contributed by atoms with Gasteiger partial charge in [-0.15, -0.1) is 11.6 Å². The molecule has 0 aromatic heterocycles. The molecule has 5 fully saturated rings. The molecule has 0 spiro atoms. The summed E-state index contributed by atoms with van der Waals surface area (Å²) in [6, 6.07) is 0. The Morgan fingerprint density at radius 1 is 1.15 bits per heavy atom. The third-order valence-corrected chi connectivity index (χ3v) is 12.1. The van der Waals surface area contributed by atoms with Crippen molar-refractivity contribution >= 4 is 11.6 Å². The van der Waals surface area contributed by atoms with Crippen molar-refractivity contribution in [1.82, 2.24) is 0 Å². The first kappa shape index (κ1) is 25.5. The van der Waals surface area contributed by atoms with E-state index in [1.807, 2.05) is 6.92 Å². The summed E-state index contributed by atoms with van der Waals surface area (Å²) in [4.78, 5) is 0. The number of hydrogen-bond donors (Lipinski definition) is 2. The predicted molar refractivity (Wildman–Crippen MR) is 136 cm³/mol. The minimum Gasteiger partial charge on any atom is -0.393 e. The Labute approximate surface area is 211 Å². The van der Waals surface area contributed by atoms with Crippen molar-refractivity contribution in [2.24, 2.45) is 34.5 Å². The van der Waals surface area contributed by atoms with Crippen LogP contribution < -0.4 is 0 Å². The molecule has 3 saturated carbocycles. The summed E-state index contributed by atoms with van der Waals surface area (Å²) in [6.07, 6.45) is 9.52. The number of fused-ring (bicyclic) bond motifs is 2. The molecule has 4 nitrogen and oxygen atoms in total. The van der Waals surface area contributed by atoms with Crippen LogP contribution in [-0.2, 0) is 9.47 Å². The average molecular weight is 495 g/mol. The van der Waals surface area contributed by atoms with Crippen LogP contribution in [0.15, 0.2) is 12.2 Å². The van der Waals surface area contributed by atoms with Crippen LogP contribution in [0.1, 0.15) is 98.8 Å². The third kappa shape index (κ3) is 3.76. The maximum atomic E-state index is 11.7. The number of aliphatic hydroxyl groups is 2. The quantitative estimate of drug-likeness (QED) is 0.326. The molecule has 5 heteroatoms. The largest absolute Gasteiger partial charge is 0.393 e. The first-order valence-electron chi connectivity index (χ1n) is 13.9. The highest BCUT2D eigenvalue weighted by atomic mass is 35.5. The van der Waals surface area contributed by atoms with E-state index in [0.29, 0.717) is 23.9 Å². The number of alkyl halides is 1. The zero-order valence-electron chi connectivity index (χ0n) is 22.0. The van der Waals surface area contributed by atoms with E-state index in [1.165, 1.54) is 5.57 Å². The topological polar surface area (TPSA) is 58.9 Å². The zero-order valence-corrected chi connectivity index (χ0v) is 22.7. The van der Waals surface area contributed by atoms with Gasteiger partial charge in [0.25, 0.3) is 0 Å². The molecule has 34 heavy (non-hydrogen) atoms. The number of halogens is 1. The minimum atomic E-state index is -0.901. The van der Waals surface area contributed by atoms with Crippen molar-refractivity contribution in [2.45, 2.75) is 134 Å². The Hall–Kier alpha value is -0.130. The molecule has 0 radical (unpaired) electrons. The second-order valence-electron chi connectivity index (χ2n) is 13.7. The Morgan fingerprint density at radius 3 is 2.59 bits per heavy atom. The number of hydrogen-bond acceptors (Lipinski definition) is 4. The fourth-order valence-electron chi connectivity index (χ4n) is 9.11. The molecule has 0 aromatic rings. The van der Waals surface area contributed by atoms with Crippen molar-refractivity contribution in [3.05, 3.63) is 12.2 Å². The van der Waals surface area contributed by atoms with E-state index >= 15 is 0 Å². The highest BCUT2D eigenvalue weighted by Gasteiger charge is 2.71. The van der Waals surface area contributed by atoms with Crippen LogP contribution >= 0.6 is 11.6 Å². The summed E-state index contributed by atoms with van der Waals surface area (Å²) in [7, 11) is 0. The van der Waals surface area contributed by atoms with Gasteiger partial charge in [0.15, 0.2) is 6.29 Å². The van der Waals surface area contributed by atoms with Crippen LogP contribution in [0, 0.1) is 34.5 Å². The van der Waals surface area contributed by atoms with Gasteiger partial charge in [0.1, 0.15) is 0 Å². The Morgan fingerprint density at radius 2 is 1.88 bits per heavy atom. The van der Waals surface area contributed by atoms with E-state index < -0.39 is 5.60 Å². The monoisotopic (exact) mass is 494 g/mol. The van der Waals surface area contributed by atoms with Gasteiger partial charge in [0.2, 0.25) is 0 Å². The van der Waals surface area contributed by atoms with Crippen LogP contribution in [0.2, 0.25) is 0 Å². The van der Waals surface area contributed by atoms with Crippen LogP contribution in [0.5, 0.6) is 0 Å². The highest BCUT2D eigenvalue weighted by molar-refractivity contribution is 6.21. The van der Waals surface area contributed by atoms with Gasteiger partial charge in [-0.2, -0.15) is 0 Å². The highest BCUT2D eigenvalue weighted by Crippen LogP contribution is 2.68. The SMILES string of the molecule is C=C(CCC1(C)OC2OC3CC1C2(CCC1C(C)(O)C(Cl)CC2CC(O)CCC21C)C3)C(C)C. The number of ether oxygens (including phenoxy) is 2. The fourth-order valence-corrected chi connectivity index (χ4v) is 9.47. The smallest absolute Gasteiger partial charge is 0.164 e. The first-order chi connectivity index (χ1) is 15.8. The Bertz CT molecular complexity index is 812. The molecular formula is C29H47ClO4. The lowest BCUT2D eigenvalue weighted by Crippen LogP contribution is -2.60. The second kappa shape index (κ2) is 8.45. The van der Waals surface area contributed by atoms with Crippen molar-refractivity contribution < 1.29 is 19.7 Å². The van der Waals surface area contributed by atoms with Crippen LogP contribution in [0.3, 0.4) is 0 Å². The molecule has 0 amide bonds. The van der Waals surface area contributed by atoms with E-state index in [2.05, 4.69) is 34.3 Å². The first-order valence-corrected chi connectivity index (χ1v) is 14.3. The molecule has 5 rings (SSSR count).